The zero-order valence-electron chi connectivity index (χ0n) is 18.6. The van der Waals surface area contributed by atoms with Gasteiger partial charge in [0.1, 0.15) is 5.82 Å². The number of carboxylic acid groups (broad SMARTS) is 1. The molecule has 0 aliphatic carbocycles. The second-order valence-electron chi connectivity index (χ2n) is 8.42. The van der Waals surface area contributed by atoms with E-state index in [0.717, 1.165) is 17.2 Å². The first kappa shape index (κ1) is 23.5. The number of hydrogen-bond donors (Lipinski definition) is 2. The highest BCUT2D eigenvalue weighted by Crippen LogP contribution is 2.32. The summed E-state index contributed by atoms with van der Waals surface area (Å²) in [6.45, 7) is 2.35. The molecule has 34 heavy (non-hydrogen) atoms. The van der Waals surface area contributed by atoms with Crippen molar-refractivity contribution in [3.8, 4) is 0 Å². The number of aryl methyl sites for hydroxylation is 1. The maximum atomic E-state index is 14.7. The van der Waals surface area contributed by atoms with Crippen LogP contribution in [0.3, 0.4) is 0 Å². The predicted octanol–water partition coefficient (Wildman–Crippen LogP) is 4.44. The smallest absolute Gasteiger partial charge is 0.407 e. The molecule has 2 aromatic heterocycles. The van der Waals surface area contributed by atoms with Crippen LogP contribution in [-0.4, -0.2) is 44.0 Å². The number of rotatable bonds is 5. The van der Waals surface area contributed by atoms with Crippen LogP contribution in [0.4, 0.5) is 23.8 Å². The number of aromatic nitrogens is 3. The van der Waals surface area contributed by atoms with Gasteiger partial charge in [0.2, 0.25) is 0 Å². The lowest BCUT2D eigenvalue weighted by Gasteiger charge is -2.30. The number of carbonyl (C=O) groups is 1. The van der Waals surface area contributed by atoms with E-state index < -0.39 is 29.9 Å². The lowest BCUT2D eigenvalue weighted by molar-refractivity contribution is 0.130. The molecule has 1 amide bonds. The molecule has 2 unspecified atom stereocenters. The minimum absolute atomic E-state index is 0.0419. The monoisotopic (exact) mass is 475 g/mol. The van der Waals surface area contributed by atoms with Crippen molar-refractivity contribution in [1.29, 1.82) is 0 Å². The van der Waals surface area contributed by atoms with E-state index in [1.54, 1.807) is 13.0 Å². The molecule has 8 nitrogen and oxygen atoms in total. The summed E-state index contributed by atoms with van der Waals surface area (Å²) in [5.41, 5.74) is -0.402. The Labute approximate surface area is 193 Å². The van der Waals surface area contributed by atoms with Crippen LogP contribution in [-0.2, 0) is 7.05 Å². The molecule has 1 saturated heterocycles. The summed E-state index contributed by atoms with van der Waals surface area (Å²) in [5.74, 6) is -0.880. The quantitative estimate of drug-likeness (QED) is 0.566. The lowest BCUT2D eigenvalue weighted by Crippen LogP contribution is -2.38. The predicted molar refractivity (Wildman–Crippen MR) is 120 cm³/mol. The van der Waals surface area contributed by atoms with Crippen molar-refractivity contribution in [3.05, 3.63) is 63.5 Å². The van der Waals surface area contributed by atoms with Crippen LogP contribution in [0.2, 0.25) is 0 Å². The third-order valence-electron chi connectivity index (χ3n) is 6.18. The van der Waals surface area contributed by atoms with Gasteiger partial charge in [0.15, 0.2) is 5.82 Å². The van der Waals surface area contributed by atoms with Gasteiger partial charge in [-0.05, 0) is 25.8 Å². The summed E-state index contributed by atoms with van der Waals surface area (Å²) in [6.07, 6.45) is -1.08. The molecule has 0 bridgehead atoms. The number of hydrogen-bond acceptors (Lipinski definition) is 5. The van der Waals surface area contributed by atoms with Crippen molar-refractivity contribution in [2.45, 2.75) is 38.2 Å². The maximum Gasteiger partial charge on any atom is 0.407 e. The van der Waals surface area contributed by atoms with Crippen LogP contribution in [0.25, 0.3) is 10.8 Å². The van der Waals surface area contributed by atoms with Crippen molar-refractivity contribution in [1.82, 2.24) is 19.7 Å². The normalized spacial score (nSPS) is 17.2. The second-order valence-corrected chi connectivity index (χ2v) is 8.42. The van der Waals surface area contributed by atoms with E-state index in [1.807, 2.05) is 0 Å². The average molecular weight is 475 g/mol. The second kappa shape index (κ2) is 9.32. The summed E-state index contributed by atoms with van der Waals surface area (Å²) in [7, 11) is 1.47. The Bertz CT molecular complexity index is 1300. The number of nitrogens with zero attached hydrogens (tertiary/aromatic N) is 4. The molecule has 1 aromatic carbocycles. The van der Waals surface area contributed by atoms with Crippen molar-refractivity contribution >= 4 is 22.7 Å². The summed E-state index contributed by atoms with van der Waals surface area (Å²) in [6, 6.07) is 4.78. The number of pyridine rings is 1. The van der Waals surface area contributed by atoms with Crippen molar-refractivity contribution in [3.63, 3.8) is 0 Å². The van der Waals surface area contributed by atoms with Crippen LogP contribution >= 0.6 is 0 Å². The van der Waals surface area contributed by atoms with Gasteiger partial charge < -0.3 is 15.3 Å². The number of alkyl halides is 2. The highest BCUT2D eigenvalue weighted by atomic mass is 19.3. The standard InChI is InChI=1S/C23H24F3N5O3/c1-12(14-6-3-7-15(19(14)24)20(25)26)28-21-16-9-18(13-5-4-8-31(11-13)23(33)34)27-10-17(16)22(32)30(2)29-21/h3,6-7,9-10,12-13,20H,4-5,8,11H2,1-2H3,(H,28,29)(H,33,34). The number of anilines is 1. The number of benzene rings is 1. The van der Waals surface area contributed by atoms with Crippen LogP contribution in [0.5, 0.6) is 0 Å². The Morgan fingerprint density at radius 3 is 2.71 bits per heavy atom. The topological polar surface area (TPSA) is 100 Å². The summed E-state index contributed by atoms with van der Waals surface area (Å²) in [5, 5.41) is 17.4. The maximum absolute atomic E-state index is 14.7. The minimum Gasteiger partial charge on any atom is -0.465 e. The largest absolute Gasteiger partial charge is 0.465 e. The summed E-state index contributed by atoms with van der Waals surface area (Å²) in [4.78, 5) is 29.8. The summed E-state index contributed by atoms with van der Waals surface area (Å²) >= 11 is 0. The zero-order chi connectivity index (χ0) is 24.6. The van der Waals surface area contributed by atoms with Crippen molar-refractivity contribution < 1.29 is 23.1 Å². The SMILES string of the molecule is CC(Nc1nn(C)c(=O)c2cnc(C3CCCN(C(=O)O)C3)cc12)c1cccc(C(F)F)c1F. The molecule has 180 valence electrons. The van der Waals surface area contributed by atoms with E-state index in [9.17, 15) is 27.9 Å². The third-order valence-corrected chi connectivity index (χ3v) is 6.18. The first-order chi connectivity index (χ1) is 16.2. The molecule has 2 N–H and O–H groups in total. The molecule has 1 fully saturated rings. The van der Waals surface area contributed by atoms with Gasteiger partial charge in [-0.25, -0.2) is 22.6 Å². The lowest BCUT2D eigenvalue weighted by atomic mass is 9.93. The average Bonchev–Trinajstić information content (AvgIpc) is 2.82. The fraction of sp³-hybridized carbons (Fsp3) is 0.391. The highest BCUT2D eigenvalue weighted by Gasteiger charge is 2.26. The molecule has 4 rings (SSSR count). The number of halogens is 3. The Balaban J connectivity index is 1.73. The van der Waals surface area contributed by atoms with Crippen molar-refractivity contribution in [2.75, 3.05) is 18.4 Å². The molecule has 11 heteroatoms. The van der Waals surface area contributed by atoms with Crippen LogP contribution < -0.4 is 10.9 Å². The van der Waals surface area contributed by atoms with Crippen LogP contribution in [0, 0.1) is 5.82 Å². The fourth-order valence-corrected chi connectivity index (χ4v) is 4.34. The number of amides is 1. The molecule has 3 aromatic rings. The van der Waals surface area contributed by atoms with Gasteiger partial charge >= 0.3 is 6.09 Å². The Hall–Kier alpha value is -3.63. The molecule has 2 atom stereocenters. The molecule has 0 spiro atoms. The number of likely N-dealkylation sites (tertiary alicyclic amines) is 1. The van der Waals surface area contributed by atoms with Crippen LogP contribution in [0.1, 0.15) is 55.0 Å². The third kappa shape index (κ3) is 4.42. The van der Waals surface area contributed by atoms with Gasteiger partial charge in [-0.2, -0.15) is 5.10 Å². The molecule has 1 aliphatic heterocycles. The van der Waals surface area contributed by atoms with E-state index >= 15 is 0 Å². The van der Waals surface area contributed by atoms with Gasteiger partial charge in [0.05, 0.1) is 17.0 Å². The summed E-state index contributed by atoms with van der Waals surface area (Å²) < 4.78 is 42.1. The van der Waals surface area contributed by atoms with Crippen LogP contribution in [0.15, 0.2) is 35.3 Å². The van der Waals surface area contributed by atoms with Gasteiger partial charge in [0, 0.05) is 48.9 Å². The van der Waals surface area contributed by atoms with E-state index in [-0.39, 0.29) is 34.8 Å². The van der Waals surface area contributed by atoms with E-state index in [4.69, 9.17) is 0 Å². The molecule has 3 heterocycles. The molecular weight excluding hydrogens is 451 g/mol. The Morgan fingerprint density at radius 2 is 2.00 bits per heavy atom. The Morgan fingerprint density at radius 1 is 1.26 bits per heavy atom. The highest BCUT2D eigenvalue weighted by molar-refractivity contribution is 5.91. The van der Waals surface area contributed by atoms with E-state index in [1.165, 1.54) is 30.3 Å². The van der Waals surface area contributed by atoms with E-state index in [0.29, 0.717) is 24.0 Å². The molecule has 0 saturated carbocycles. The Kier molecular flexibility index (Phi) is 6.45. The van der Waals surface area contributed by atoms with Gasteiger partial charge in [-0.15, -0.1) is 0 Å². The van der Waals surface area contributed by atoms with Gasteiger partial charge in [0.25, 0.3) is 12.0 Å². The first-order valence-electron chi connectivity index (χ1n) is 10.8. The minimum atomic E-state index is -2.95. The number of nitrogens with one attached hydrogen (secondary N) is 1. The fourth-order valence-electron chi connectivity index (χ4n) is 4.34. The zero-order valence-corrected chi connectivity index (χ0v) is 18.6. The molecule has 0 radical (unpaired) electrons. The van der Waals surface area contributed by atoms with Gasteiger partial charge in [-0.1, -0.05) is 18.2 Å². The van der Waals surface area contributed by atoms with Crippen molar-refractivity contribution in [2.24, 2.45) is 7.05 Å². The number of fused-ring (bicyclic) bond motifs is 1. The molecular formula is C23H24F3N5O3. The van der Waals surface area contributed by atoms with E-state index in [2.05, 4.69) is 15.4 Å². The first-order valence-corrected chi connectivity index (χ1v) is 10.8. The number of piperidine rings is 1. The molecule has 1 aliphatic rings. The van der Waals surface area contributed by atoms with Gasteiger partial charge in [-0.3, -0.25) is 9.78 Å².